The summed E-state index contributed by atoms with van der Waals surface area (Å²) in [5.41, 5.74) is 0. The number of hydrogen-bond donors (Lipinski definition) is 1. The molecule has 6 heteroatoms. The van der Waals surface area contributed by atoms with Gasteiger partial charge in [-0.15, -0.1) is 0 Å². The third kappa shape index (κ3) is 5.40. The Kier molecular flexibility index (Phi) is 6.62. The molecule has 0 spiro atoms. The van der Waals surface area contributed by atoms with Crippen molar-refractivity contribution in [1.82, 2.24) is 14.8 Å². The zero-order valence-electron chi connectivity index (χ0n) is 14.9. The van der Waals surface area contributed by atoms with E-state index in [2.05, 4.69) is 31.8 Å². The van der Waals surface area contributed by atoms with Crippen LogP contribution in [0.25, 0.3) is 0 Å². The molecule has 2 saturated heterocycles. The summed E-state index contributed by atoms with van der Waals surface area (Å²) < 4.78 is 0. The first-order chi connectivity index (χ1) is 12.2. The molecule has 1 N–H and O–H groups in total. The third-order valence-corrected chi connectivity index (χ3v) is 5.26. The number of nitriles is 1. The minimum Gasteiger partial charge on any atom is -0.391 e. The number of piperidine rings is 1. The van der Waals surface area contributed by atoms with Crippen molar-refractivity contribution in [2.45, 2.75) is 25.4 Å². The molecule has 0 aliphatic carbocycles. The molecule has 0 saturated carbocycles. The molecule has 0 amide bonds. The summed E-state index contributed by atoms with van der Waals surface area (Å²) in [6, 6.07) is 8.15. The topological polar surface area (TPSA) is 66.6 Å². The van der Waals surface area contributed by atoms with Crippen molar-refractivity contribution in [2.24, 2.45) is 5.92 Å². The standard InChI is InChI=1S/C19H29N5O/c20-7-6-18(25)16-23-9-3-4-17(15-23)14-22-10-12-24(13-11-22)19-5-1-2-8-21-19/h1-2,5,8,17-18,25H,3-4,6,9-16H2/t17?,18-/m1/s1. The van der Waals surface area contributed by atoms with Crippen molar-refractivity contribution in [1.29, 1.82) is 5.26 Å². The van der Waals surface area contributed by atoms with Crippen LogP contribution in [0.4, 0.5) is 5.82 Å². The Bertz CT molecular complexity index is 553. The number of piperazine rings is 1. The second-order valence-electron chi connectivity index (χ2n) is 7.26. The summed E-state index contributed by atoms with van der Waals surface area (Å²) in [5, 5.41) is 18.6. The van der Waals surface area contributed by atoms with Gasteiger partial charge in [-0.1, -0.05) is 6.07 Å². The van der Waals surface area contributed by atoms with Gasteiger partial charge in [-0.3, -0.25) is 4.90 Å². The molecule has 136 valence electrons. The summed E-state index contributed by atoms with van der Waals surface area (Å²) in [6.07, 6.45) is 4.05. The number of likely N-dealkylation sites (tertiary alicyclic amines) is 1. The van der Waals surface area contributed by atoms with E-state index < -0.39 is 6.10 Å². The molecule has 1 aromatic heterocycles. The maximum atomic E-state index is 9.86. The van der Waals surface area contributed by atoms with Crippen LogP contribution in [-0.4, -0.2) is 78.4 Å². The quantitative estimate of drug-likeness (QED) is 0.837. The van der Waals surface area contributed by atoms with E-state index in [1.54, 1.807) is 0 Å². The van der Waals surface area contributed by atoms with Gasteiger partial charge in [0.1, 0.15) is 5.82 Å². The van der Waals surface area contributed by atoms with Crippen LogP contribution in [0.15, 0.2) is 24.4 Å². The lowest BCUT2D eigenvalue weighted by Crippen LogP contribution is -2.50. The fourth-order valence-electron chi connectivity index (χ4n) is 4.00. The van der Waals surface area contributed by atoms with E-state index in [0.717, 1.165) is 51.6 Å². The van der Waals surface area contributed by atoms with Crippen LogP contribution in [0, 0.1) is 17.2 Å². The first-order valence-electron chi connectivity index (χ1n) is 9.40. The van der Waals surface area contributed by atoms with Crippen LogP contribution < -0.4 is 4.90 Å². The van der Waals surface area contributed by atoms with Crippen LogP contribution in [0.3, 0.4) is 0 Å². The maximum Gasteiger partial charge on any atom is 0.128 e. The van der Waals surface area contributed by atoms with Crippen molar-refractivity contribution in [3.63, 3.8) is 0 Å². The summed E-state index contributed by atoms with van der Waals surface area (Å²) in [7, 11) is 0. The molecule has 1 aromatic rings. The van der Waals surface area contributed by atoms with Crippen LogP contribution in [0.5, 0.6) is 0 Å². The molecule has 3 heterocycles. The van der Waals surface area contributed by atoms with E-state index in [-0.39, 0.29) is 6.42 Å². The fourth-order valence-corrected chi connectivity index (χ4v) is 4.00. The molecule has 0 radical (unpaired) electrons. The van der Waals surface area contributed by atoms with E-state index >= 15 is 0 Å². The first kappa shape index (κ1) is 18.1. The Morgan fingerprint density at radius 3 is 2.76 bits per heavy atom. The molecule has 1 unspecified atom stereocenters. The molecule has 2 atom stereocenters. The number of anilines is 1. The smallest absolute Gasteiger partial charge is 0.128 e. The second kappa shape index (κ2) is 9.14. The van der Waals surface area contributed by atoms with Gasteiger partial charge in [-0.2, -0.15) is 5.26 Å². The van der Waals surface area contributed by atoms with E-state index in [1.165, 1.54) is 12.8 Å². The van der Waals surface area contributed by atoms with Crippen LogP contribution >= 0.6 is 0 Å². The molecule has 2 aliphatic heterocycles. The van der Waals surface area contributed by atoms with Gasteiger partial charge in [-0.05, 0) is 37.4 Å². The monoisotopic (exact) mass is 343 g/mol. The highest BCUT2D eigenvalue weighted by atomic mass is 16.3. The molecule has 25 heavy (non-hydrogen) atoms. The highest BCUT2D eigenvalue weighted by Crippen LogP contribution is 2.20. The van der Waals surface area contributed by atoms with Gasteiger partial charge in [-0.25, -0.2) is 4.98 Å². The van der Waals surface area contributed by atoms with Gasteiger partial charge in [0.2, 0.25) is 0 Å². The lowest BCUT2D eigenvalue weighted by atomic mass is 9.96. The molecule has 0 aromatic carbocycles. The van der Waals surface area contributed by atoms with E-state index in [4.69, 9.17) is 5.26 Å². The highest BCUT2D eigenvalue weighted by Gasteiger charge is 2.25. The predicted octanol–water partition coefficient (Wildman–Crippen LogP) is 1.19. The van der Waals surface area contributed by atoms with E-state index in [0.29, 0.717) is 12.5 Å². The number of aromatic nitrogens is 1. The number of nitrogens with zero attached hydrogens (tertiary/aromatic N) is 5. The number of β-amino-alcohol motifs (C(OH)–C–C–N with tert-alkyl or cyclic N) is 1. The van der Waals surface area contributed by atoms with Gasteiger partial charge in [0.25, 0.3) is 0 Å². The summed E-state index contributed by atoms with van der Waals surface area (Å²) in [5.74, 6) is 1.75. The van der Waals surface area contributed by atoms with Gasteiger partial charge >= 0.3 is 0 Å². The average molecular weight is 343 g/mol. The first-order valence-corrected chi connectivity index (χ1v) is 9.40. The Morgan fingerprint density at radius 2 is 2.04 bits per heavy atom. The van der Waals surface area contributed by atoms with Crippen molar-refractivity contribution in [3.05, 3.63) is 24.4 Å². The predicted molar refractivity (Wildman–Crippen MR) is 98.3 cm³/mol. The van der Waals surface area contributed by atoms with Gasteiger partial charge in [0.05, 0.1) is 18.6 Å². The Labute approximate surface area is 150 Å². The zero-order valence-corrected chi connectivity index (χ0v) is 14.9. The lowest BCUT2D eigenvalue weighted by molar-refractivity contribution is 0.0750. The Morgan fingerprint density at radius 1 is 1.20 bits per heavy atom. The Hall–Kier alpha value is -1.68. The van der Waals surface area contributed by atoms with Crippen molar-refractivity contribution < 1.29 is 5.11 Å². The fraction of sp³-hybridized carbons (Fsp3) is 0.684. The number of hydrogen-bond acceptors (Lipinski definition) is 6. The SMILES string of the molecule is N#CC[C@@H](O)CN1CCCC(CN2CCN(c3ccccn3)CC2)C1. The summed E-state index contributed by atoms with van der Waals surface area (Å²) in [4.78, 5) is 11.7. The van der Waals surface area contributed by atoms with Crippen LogP contribution in [-0.2, 0) is 0 Å². The minimum atomic E-state index is -0.509. The average Bonchev–Trinajstić information content (AvgIpc) is 2.63. The summed E-state index contributed by atoms with van der Waals surface area (Å²) >= 11 is 0. The van der Waals surface area contributed by atoms with Gasteiger partial charge < -0.3 is 14.9 Å². The number of aliphatic hydroxyl groups is 1. The molecular weight excluding hydrogens is 314 g/mol. The lowest BCUT2D eigenvalue weighted by Gasteiger charge is -2.40. The number of aliphatic hydroxyl groups excluding tert-OH is 1. The summed E-state index contributed by atoms with van der Waals surface area (Å²) in [6.45, 7) is 8.12. The van der Waals surface area contributed by atoms with Crippen molar-refractivity contribution in [2.75, 3.05) is 57.3 Å². The minimum absolute atomic E-state index is 0.233. The molecule has 6 nitrogen and oxygen atoms in total. The van der Waals surface area contributed by atoms with Gasteiger partial charge in [0.15, 0.2) is 0 Å². The zero-order chi connectivity index (χ0) is 17.5. The third-order valence-electron chi connectivity index (χ3n) is 5.26. The largest absolute Gasteiger partial charge is 0.391 e. The van der Waals surface area contributed by atoms with Crippen molar-refractivity contribution >= 4 is 5.82 Å². The number of rotatable bonds is 6. The van der Waals surface area contributed by atoms with Crippen molar-refractivity contribution in [3.8, 4) is 6.07 Å². The molecule has 2 aliphatic rings. The molecule has 0 bridgehead atoms. The maximum absolute atomic E-state index is 9.86. The molecular formula is C19H29N5O. The second-order valence-corrected chi connectivity index (χ2v) is 7.26. The Balaban J connectivity index is 1.42. The molecule has 2 fully saturated rings. The van der Waals surface area contributed by atoms with E-state index in [9.17, 15) is 5.11 Å². The number of pyridine rings is 1. The van der Waals surface area contributed by atoms with Crippen LogP contribution in [0.2, 0.25) is 0 Å². The highest BCUT2D eigenvalue weighted by molar-refractivity contribution is 5.38. The normalized spacial score (nSPS) is 24.0. The van der Waals surface area contributed by atoms with E-state index in [1.807, 2.05) is 18.3 Å². The van der Waals surface area contributed by atoms with Gasteiger partial charge in [0, 0.05) is 52.0 Å². The van der Waals surface area contributed by atoms with Crippen LogP contribution in [0.1, 0.15) is 19.3 Å². The molecule has 3 rings (SSSR count).